The van der Waals surface area contributed by atoms with Gasteiger partial charge in [-0.1, -0.05) is 62.2 Å². The highest BCUT2D eigenvalue weighted by molar-refractivity contribution is 6.10. The number of benzene rings is 2. The second-order valence-corrected chi connectivity index (χ2v) is 8.41. The smallest absolute Gasteiger partial charge is 0.325 e. The molecule has 2 aromatic carbocycles. The highest BCUT2D eigenvalue weighted by atomic mass is 16.2. The number of nitrogens with zero attached hydrogens (tertiary/aromatic N) is 1. The van der Waals surface area contributed by atoms with E-state index in [2.05, 4.69) is 17.6 Å². The van der Waals surface area contributed by atoms with Crippen molar-refractivity contribution < 1.29 is 14.4 Å². The molecule has 2 aromatic rings. The third-order valence-corrected chi connectivity index (χ3v) is 6.36. The maximum absolute atomic E-state index is 13.2. The summed E-state index contributed by atoms with van der Waals surface area (Å²) in [5, 5.41) is 7.74. The summed E-state index contributed by atoms with van der Waals surface area (Å²) in [5.74, 6) is -0.267. The largest absolute Gasteiger partial charge is 0.352 e. The summed E-state index contributed by atoms with van der Waals surface area (Å²) in [6, 6.07) is 13.0. The Morgan fingerprint density at radius 3 is 2.66 bits per heavy atom. The van der Waals surface area contributed by atoms with Crippen LogP contribution in [0.3, 0.4) is 0 Å². The van der Waals surface area contributed by atoms with Crippen LogP contribution in [0.25, 0.3) is 10.8 Å². The molecule has 4 rings (SSSR count). The van der Waals surface area contributed by atoms with E-state index in [1.54, 1.807) is 6.92 Å². The summed E-state index contributed by atoms with van der Waals surface area (Å²) in [7, 11) is 0. The molecular formula is C23H27N3O3. The molecule has 29 heavy (non-hydrogen) atoms. The van der Waals surface area contributed by atoms with Crippen LogP contribution < -0.4 is 10.6 Å². The van der Waals surface area contributed by atoms with E-state index >= 15 is 0 Å². The first-order valence-electron chi connectivity index (χ1n) is 10.3. The van der Waals surface area contributed by atoms with E-state index in [1.807, 2.05) is 42.5 Å². The lowest BCUT2D eigenvalue weighted by atomic mass is 9.86. The molecular weight excluding hydrogens is 366 g/mol. The molecule has 1 heterocycles. The number of amides is 4. The lowest BCUT2D eigenvalue weighted by Gasteiger charge is -2.30. The van der Waals surface area contributed by atoms with Crippen LogP contribution in [0, 0.1) is 5.92 Å². The van der Waals surface area contributed by atoms with Crippen molar-refractivity contribution in [3.63, 3.8) is 0 Å². The van der Waals surface area contributed by atoms with Gasteiger partial charge in [0, 0.05) is 6.04 Å². The van der Waals surface area contributed by atoms with E-state index in [0.717, 1.165) is 40.5 Å². The van der Waals surface area contributed by atoms with Gasteiger partial charge in [-0.3, -0.25) is 14.5 Å². The second kappa shape index (κ2) is 7.50. The molecule has 0 spiro atoms. The minimum Gasteiger partial charge on any atom is -0.352 e. The van der Waals surface area contributed by atoms with Gasteiger partial charge >= 0.3 is 6.03 Å². The van der Waals surface area contributed by atoms with Crippen LogP contribution in [0.1, 0.15) is 45.1 Å². The van der Waals surface area contributed by atoms with E-state index in [-0.39, 0.29) is 18.5 Å². The zero-order valence-electron chi connectivity index (χ0n) is 16.9. The van der Waals surface area contributed by atoms with Gasteiger partial charge in [0.05, 0.1) is 0 Å². The monoisotopic (exact) mass is 393 g/mol. The summed E-state index contributed by atoms with van der Waals surface area (Å²) < 4.78 is 0. The van der Waals surface area contributed by atoms with Gasteiger partial charge < -0.3 is 10.6 Å². The van der Waals surface area contributed by atoms with Crippen molar-refractivity contribution in [3.05, 3.63) is 48.0 Å². The molecule has 152 valence electrons. The van der Waals surface area contributed by atoms with Crippen LogP contribution in [0.4, 0.5) is 4.79 Å². The first-order chi connectivity index (χ1) is 13.9. The van der Waals surface area contributed by atoms with Crippen LogP contribution in [-0.4, -0.2) is 35.3 Å². The second-order valence-electron chi connectivity index (χ2n) is 8.41. The fourth-order valence-corrected chi connectivity index (χ4v) is 4.61. The molecule has 0 aromatic heterocycles. The van der Waals surface area contributed by atoms with Crippen molar-refractivity contribution >= 4 is 28.6 Å². The quantitative estimate of drug-likeness (QED) is 0.783. The molecule has 4 amide bonds. The van der Waals surface area contributed by atoms with Gasteiger partial charge in [-0.15, -0.1) is 0 Å². The van der Waals surface area contributed by atoms with E-state index < -0.39 is 17.5 Å². The number of carbonyl (C=O) groups is 3. The molecule has 2 fully saturated rings. The Balaban J connectivity index is 1.54. The highest BCUT2D eigenvalue weighted by Crippen LogP contribution is 2.33. The molecule has 3 atom stereocenters. The van der Waals surface area contributed by atoms with Crippen molar-refractivity contribution in [1.29, 1.82) is 0 Å². The summed E-state index contributed by atoms with van der Waals surface area (Å²) in [6.07, 6.45) is 4.31. The minimum atomic E-state index is -1.20. The third-order valence-electron chi connectivity index (χ3n) is 6.36. The van der Waals surface area contributed by atoms with Crippen LogP contribution in [0.5, 0.6) is 0 Å². The van der Waals surface area contributed by atoms with Gasteiger partial charge in [0.15, 0.2) is 0 Å². The lowest BCUT2D eigenvalue weighted by molar-refractivity contribution is -0.135. The fourth-order valence-electron chi connectivity index (χ4n) is 4.61. The van der Waals surface area contributed by atoms with Gasteiger partial charge in [-0.25, -0.2) is 4.79 Å². The molecule has 6 nitrogen and oxygen atoms in total. The molecule has 2 N–H and O–H groups in total. The van der Waals surface area contributed by atoms with Gasteiger partial charge in [0.2, 0.25) is 5.91 Å². The molecule has 1 saturated carbocycles. The van der Waals surface area contributed by atoms with Crippen molar-refractivity contribution in [2.24, 2.45) is 5.92 Å². The number of fused-ring (bicyclic) bond motifs is 1. The molecule has 1 aliphatic heterocycles. The number of nitrogens with one attached hydrogen (secondary N) is 2. The maximum Gasteiger partial charge on any atom is 0.325 e. The average Bonchev–Trinajstić information content (AvgIpc) is 2.93. The summed E-state index contributed by atoms with van der Waals surface area (Å²) in [6.45, 7) is 3.58. The Morgan fingerprint density at radius 2 is 1.86 bits per heavy atom. The van der Waals surface area contributed by atoms with Gasteiger partial charge in [0.25, 0.3) is 5.91 Å². The molecule has 0 unspecified atom stereocenters. The summed E-state index contributed by atoms with van der Waals surface area (Å²) in [4.78, 5) is 39.5. The Morgan fingerprint density at radius 1 is 1.14 bits per heavy atom. The Bertz CT molecular complexity index is 967. The zero-order valence-corrected chi connectivity index (χ0v) is 16.9. The third kappa shape index (κ3) is 3.48. The molecule has 6 heteroatoms. The van der Waals surface area contributed by atoms with Crippen LogP contribution >= 0.6 is 0 Å². The Hall–Kier alpha value is -2.89. The zero-order chi connectivity index (χ0) is 20.6. The van der Waals surface area contributed by atoms with E-state index in [0.29, 0.717) is 5.92 Å². The molecule has 1 saturated heterocycles. The first kappa shape index (κ1) is 19.4. The van der Waals surface area contributed by atoms with Gasteiger partial charge in [0.1, 0.15) is 12.1 Å². The number of urea groups is 1. The van der Waals surface area contributed by atoms with Crippen molar-refractivity contribution in [3.8, 4) is 0 Å². The number of carbonyl (C=O) groups excluding carboxylic acids is 3. The van der Waals surface area contributed by atoms with Crippen molar-refractivity contribution in [2.45, 2.75) is 51.1 Å². The van der Waals surface area contributed by atoms with Gasteiger partial charge in [-0.2, -0.15) is 0 Å². The molecule has 1 aliphatic carbocycles. The number of hydrogen-bond acceptors (Lipinski definition) is 3. The Labute approximate surface area is 170 Å². The van der Waals surface area contributed by atoms with Crippen LogP contribution in [0.15, 0.2) is 42.5 Å². The SMILES string of the molecule is C[C@@H]1CCCC[C@H]1NC(=O)CN1C(=O)N[C@](C)(c2cccc3ccccc23)C1=O. The summed E-state index contributed by atoms with van der Waals surface area (Å²) in [5.41, 5.74) is -0.464. The van der Waals surface area contributed by atoms with Gasteiger partial charge in [-0.05, 0) is 42.0 Å². The fraction of sp³-hybridized carbons (Fsp3) is 0.435. The van der Waals surface area contributed by atoms with Crippen molar-refractivity contribution in [2.75, 3.05) is 6.54 Å². The number of rotatable bonds is 4. The first-order valence-corrected chi connectivity index (χ1v) is 10.3. The van der Waals surface area contributed by atoms with E-state index in [9.17, 15) is 14.4 Å². The Kier molecular flexibility index (Phi) is 5.03. The van der Waals surface area contributed by atoms with Crippen molar-refractivity contribution in [1.82, 2.24) is 15.5 Å². The number of imide groups is 1. The van der Waals surface area contributed by atoms with Crippen LogP contribution in [0.2, 0.25) is 0 Å². The minimum absolute atomic E-state index is 0.112. The van der Waals surface area contributed by atoms with Crippen LogP contribution in [-0.2, 0) is 15.1 Å². The molecule has 0 radical (unpaired) electrons. The predicted octanol–water partition coefficient (Wildman–Crippen LogP) is 3.30. The molecule has 0 bridgehead atoms. The predicted molar refractivity (Wildman–Crippen MR) is 111 cm³/mol. The summed E-state index contributed by atoms with van der Waals surface area (Å²) >= 11 is 0. The highest BCUT2D eigenvalue weighted by Gasteiger charge is 2.50. The standard InChI is InChI=1S/C23H27N3O3/c1-15-8-3-6-13-19(15)24-20(27)14-26-21(28)23(2,25-22(26)29)18-12-7-10-16-9-4-5-11-17(16)18/h4-5,7,9-12,15,19H,3,6,8,13-14H2,1-2H3,(H,24,27)(H,25,29)/t15-,19-,23-/m1/s1. The topological polar surface area (TPSA) is 78.5 Å². The normalized spacial score (nSPS) is 27.2. The molecule has 2 aliphatic rings. The average molecular weight is 393 g/mol. The van der Waals surface area contributed by atoms with E-state index in [4.69, 9.17) is 0 Å². The number of hydrogen-bond donors (Lipinski definition) is 2. The van der Waals surface area contributed by atoms with E-state index in [1.165, 1.54) is 6.42 Å². The maximum atomic E-state index is 13.2. The lowest BCUT2D eigenvalue weighted by Crippen LogP contribution is -2.47.